The quantitative estimate of drug-likeness (QED) is 0.711. The van der Waals surface area contributed by atoms with Crippen LogP contribution < -0.4 is 9.47 Å². The van der Waals surface area contributed by atoms with Crippen LogP contribution in [0.4, 0.5) is 0 Å². The molecule has 22 heavy (non-hydrogen) atoms. The highest BCUT2D eigenvalue weighted by Crippen LogP contribution is 2.31. The van der Waals surface area contributed by atoms with Crippen LogP contribution in [0.15, 0.2) is 48.7 Å². The van der Waals surface area contributed by atoms with Crippen LogP contribution in [0, 0.1) is 0 Å². The number of fused-ring (bicyclic) bond motifs is 1. The van der Waals surface area contributed by atoms with E-state index in [-0.39, 0.29) is 0 Å². The van der Waals surface area contributed by atoms with Crippen molar-refractivity contribution < 1.29 is 9.47 Å². The van der Waals surface area contributed by atoms with Gasteiger partial charge in [-0.05, 0) is 35.2 Å². The molecular formula is C18H16ClNO2. The van der Waals surface area contributed by atoms with Crippen molar-refractivity contribution in [3.8, 4) is 11.5 Å². The first kappa shape index (κ1) is 14.7. The maximum Gasteiger partial charge on any atom is 0.160 e. The molecule has 0 aliphatic heterocycles. The summed E-state index contributed by atoms with van der Waals surface area (Å²) >= 11 is 6.35. The predicted molar refractivity (Wildman–Crippen MR) is 89.1 cm³/mol. The monoisotopic (exact) mass is 313 g/mol. The van der Waals surface area contributed by atoms with Gasteiger partial charge in [-0.3, -0.25) is 4.98 Å². The number of methoxy groups -OCH3 is 2. The highest BCUT2D eigenvalue weighted by atomic mass is 35.5. The fraction of sp³-hybridized carbons (Fsp3) is 0.167. The number of hydrogen-bond donors (Lipinski definition) is 0. The number of hydrogen-bond acceptors (Lipinski definition) is 3. The van der Waals surface area contributed by atoms with Gasteiger partial charge in [0.2, 0.25) is 0 Å². The summed E-state index contributed by atoms with van der Waals surface area (Å²) in [7, 11) is 3.26. The maximum atomic E-state index is 6.35. The second-order valence-electron chi connectivity index (χ2n) is 4.96. The van der Waals surface area contributed by atoms with E-state index in [0.717, 1.165) is 32.8 Å². The lowest BCUT2D eigenvalue weighted by Gasteiger charge is -2.11. The molecule has 1 aromatic heterocycles. The van der Waals surface area contributed by atoms with E-state index in [1.165, 1.54) is 0 Å². The van der Waals surface area contributed by atoms with Crippen molar-refractivity contribution in [1.82, 2.24) is 4.98 Å². The topological polar surface area (TPSA) is 31.4 Å². The van der Waals surface area contributed by atoms with Crippen LogP contribution in [-0.4, -0.2) is 19.2 Å². The van der Waals surface area contributed by atoms with Gasteiger partial charge in [0, 0.05) is 18.0 Å². The van der Waals surface area contributed by atoms with Crippen LogP contribution in [0.25, 0.3) is 10.8 Å². The fourth-order valence-corrected chi connectivity index (χ4v) is 2.87. The molecule has 0 bridgehead atoms. The molecule has 0 aliphatic rings. The smallest absolute Gasteiger partial charge is 0.160 e. The second kappa shape index (κ2) is 6.24. The summed E-state index contributed by atoms with van der Waals surface area (Å²) in [5.41, 5.74) is 2.05. The first-order chi connectivity index (χ1) is 10.7. The van der Waals surface area contributed by atoms with Gasteiger partial charge in [0.05, 0.1) is 24.9 Å². The summed E-state index contributed by atoms with van der Waals surface area (Å²) < 4.78 is 10.6. The van der Waals surface area contributed by atoms with E-state index >= 15 is 0 Å². The minimum absolute atomic E-state index is 0.682. The van der Waals surface area contributed by atoms with Crippen LogP contribution in [0.5, 0.6) is 11.5 Å². The van der Waals surface area contributed by atoms with Crippen molar-refractivity contribution in [2.24, 2.45) is 0 Å². The van der Waals surface area contributed by atoms with Gasteiger partial charge in [-0.2, -0.15) is 0 Å². The molecule has 0 radical (unpaired) electrons. The second-order valence-corrected chi connectivity index (χ2v) is 5.37. The Hall–Kier alpha value is -2.26. The Labute approximate surface area is 134 Å². The number of rotatable bonds is 4. The number of aromatic nitrogens is 1. The number of halogens is 1. The van der Waals surface area contributed by atoms with Gasteiger partial charge in [-0.15, -0.1) is 0 Å². The van der Waals surface area contributed by atoms with Gasteiger partial charge in [0.25, 0.3) is 0 Å². The van der Waals surface area contributed by atoms with Gasteiger partial charge in [-0.1, -0.05) is 29.8 Å². The van der Waals surface area contributed by atoms with Crippen LogP contribution in [0.2, 0.25) is 5.02 Å². The highest BCUT2D eigenvalue weighted by Gasteiger charge is 2.10. The molecule has 0 atom stereocenters. The molecule has 0 spiro atoms. The summed E-state index contributed by atoms with van der Waals surface area (Å²) in [6.45, 7) is 0. The third kappa shape index (κ3) is 2.72. The lowest BCUT2D eigenvalue weighted by Crippen LogP contribution is -1.96. The Morgan fingerprint density at radius 2 is 1.82 bits per heavy atom. The number of pyridine rings is 1. The Morgan fingerprint density at radius 3 is 2.59 bits per heavy atom. The molecule has 0 unspecified atom stereocenters. The number of ether oxygens (including phenoxy) is 2. The van der Waals surface area contributed by atoms with Crippen molar-refractivity contribution in [1.29, 1.82) is 0 Å². The molecule has 2 aromatic carbocycles. The first-order valence-electron chi connectivity index (χ1n) is 6.96. The van der Waals surface area contributed by atoms with Crippen LogP contribution in [-0.2, 0) is 6.42 Å². The lowest BCUT2D eigenvalue weighted by molar-refractivity contribution is 0.354. The minimum Gasteiger partial charge on any atom is -0.493 e. The molecule has 112 valence electrons. The molecule has 0 saturated carbocycles. The summed E-state index contributed by atoms with van der Waals surface area (Å²) in [5.74, 6) is 1.43. The van der Waals surface area contributed by atoms with Crippen LogP contribution in [0.3, 0.4) is 0 Å². The Kier molecular flexibility index (Phi) is 4.16. The molecule has 0 fully saturated rings. The van der Waals surface area contributed by atoms with Crippen molar-refractivity contribution >= 4 is 22.4 Å². The third-order valence-electron chi connectivity index (χ3n) is 3.64. The maximum absolute atomic E-state index is 6.35. The van der Waals surface area contributed by atoms with Gasteiger partial charge in [-0.25, -0.2) is 0 Å². The Morgan fingerprint density at radius 1 is 1.00 bits per heavy atom. The average Bonchev–Trinajstić information content (AvgIpc) is 2.55. The van der Waals surface area contributed by atoms with E-state index in [4.69, 9.17) is 21.1 Å². The van der Waals surface area contributed by atoms with E-state index in [1.807, 2.05) is 48.7 Å². The summed E-state index contributed by atoms with van der Waals surface area (Å²) in [4.78, 5) is 4.50. The summed E-state index contributed by atoms with van der Waals surface area (Å²) in [5, 5.41) is 2.82. The zero-order valence-corrected chi connectivity index (χ0v) is 13.2. The van der Waals surface area contributed by atoms with Gasteiger partial charge >= 0.3 is 0 Å². The molecule has 4 heteroatoms. The molecule has 1 heterocycles. The molecule has 0 aliphatic carbocycles. The van der Waals surface area contributed by atoms with Crippen molar-refractivity contribution in [2.75, 3.05) is 14.2 Å². The Balaban J connectivity index is 2.04. The molecule has 3 rings (SSSR count). The van der Waals surface area contributed by atoms with E-state index in [1.54, 1.807) is 14.2 Å². The molecule has 3 aromatic rings. The predicted octanol–water partition coefficient (Wildman–Crippen LogP) is 4.50. The number of nitrogens with zero attached hydrogens (tertiary/aromatic N) is 1. The van der Waals surface area contributed by atoms with Crippen LogP contribution >= 0.6 is 11.6 Å². The fourth-order valence-electron chi connectivity index (χ4n) is 2.57. The van der Waals surface area contributed by atoms with Crippen molar-refractivity contribution in [3.63, 3.8) is 0 Å². The van der Waals surface area contributed by atoms with Crippen molar-refractivity contribution in [2.45, 2.75) is 6.42 Å². The van der Waals surface area contributed by atoms with Gasteiger partial charge in [0.15, 0.2) is 11.5 Å². The van der Waals surface area contributed by atoms with E-state index < -0.39 is 0 Å². The minimum atomic E-state index is 0.682. The molecule has 3 nitrogen and oxygen atoms in total. The zero-order valence-electron chi connectivity index (χ0n) is 12.5. The largest absolute Gasteiger partial charge is 0.493 e. The van der Waals surface area contributed by atoms with Crippen molar-refractivity contribution in [3.05, 3.63) is 64.9 Å². The molecular weight excluding hydrogens is 298 g/mol. The average molecular weight is 314 g/mol. The first-order valence-corrected chi connectivity index (χ1v) is 7.33. The summed E-state index contributed by atoms with van der Waals surface area (Å²) in [6.07, 6.45) is 2.50. The van der Waals surface area contributed by atoms with E-state index in [0.29, 0.717) is 12.2 Å². The van der Waals surface area contributed by atoms with Gasteiger partial charge in [0.1, 0.15) is 0 Å². The molecule has 0 amide bonds. The molecule has 0 N–H and O–H groups in total. The number of benzene rings is 2. The van der Waals surface area contributed by atoms with Gasteiger partial charge < -0.3 is 9.47 Å². The summed E-state index contributed by atoms with van der Waals surface area (Å²) in [6, 6.07) is 13.7. The Bertz CT molecular complexity index is 812. The van der Waals surface area contributed by atoms with E-state index in [2.05, 4.69) is 4.98 Å². The third-order valence-corrected chi connectivity index (χ3v) is 3.95. The highest BCUT2D eigenvalue weighted by molar-refractivity contribution is 6.35. The van der Waals surface area contributed by atoms with Crippen LogP contribution in [0.1, 0.15) is 11.3 Å². The van der Waals surface area contributed by atoms with E-state index in [9.17, 15) is 0 Å². The zero-order chi connectivity index (χ0) is 15.5. The molecule has 0 saturated heterocycles. The normalized spacial score (nSPS) is 10.7. The standard InChI is InChI=1S/C18H16ClNO2/c1-21-16-7-6-12(11-17(16)22-2)10-15-18-13(8-9-20-15)4-3-5-14(18)19/h3-9,11H,10H2,1-2H3. The SMILES string of the molecule is COc1ccc(Cc2nccc3cccc(Cl)c23)cc1OC. The lowest BCUT2D eigenvalue weighted by atomic mass is 10.0.